The number of Topliss-reactive ketones (excluding diaryl/α,β-unsaturated/α-hetero) is 1. The van der Waals surface area contributed by atoms with Gasteiger partial charge >= 0.3 is 12.1 Å². The summed E-state index contributed by atoms with van der Waals surface area (Å²) in [6, 6.07) is -1.24. The third kappa shape index (κ3) is 5.08. The number of carboxylic acid groups (broad SMARTS) is 1. The molecule has 0 aromatic carbocycles. The molecule has 4 aliphatic rings. The van der Waals surface area contributed by atoms with Crippen LogP contribution < -0.4 is 0 Å². The van der Waals surface area contributed by atoms with E-state index in [1.807, 2.05) is 0 Å². The number of hydrogen-bond donors (Lipinski definition) is 1. The molecular weight excluding hydrogens is 470 g/mol. The van der Waals surface area contributed by atoms with Gasteiger partial charge in [0.25, 0.3) is 0 Å². The number of aliphatic carboxylic acids is 1. The zero-order valence-electron chi connectivity index (χ0n) is 23.6. The van der Waals surface area contributed by atoms with Crippen LogP contribution in [0.5, 0.6) is 0 Å². The number of carboxylic acids is 1. The second-order valence-electron chi connectivity index (χ2n) is 14.1. The van der Waals surface area contributed by atoms with Crippen molar-refractivity contribution >= 4 is 24.1 Å². The van der Waals surface area contributed by atoms with Crippen molar-refractivity contribution in [3.8, 4) is 0 Å². The maximum Gasteiger partial charge on any atom is 0.411 e. The quantitative estimate of drug-likeness (QED) is 0.441. The van der Waals surface area contributed by atoms with Gasteiger partial charge < -0.3 is 14.6 Å². The van der Waals surface area contributed by atoms with Crippen molar-refractivity contribution in [2.45, 2.75) is 123 Å². The number of carbonyl (C=O) groups excluding carboxylic acids is 3. The van der Waals surface area contributed by atoms with Gasteiger partial charge in [0, 0.05) is 12.0 Å². The summed E-state index contributed by atoms with van der Waals surface area (Å²) in [6.45, 7) is 11.9. The Kier molecular flexibility index (Phi) is 7.59. The van der Waals surface area contributed by atoms with E-state index in [1.165, 1.54) is 4.90 Å². The molecule has 4 saturated carbocycles. The molecule has 0 heterocycles. The average molecular weight is 518 g/mol. The van der Waals surface area contributed by atoms with Crippen LogP contribution in [0.3, 0.4) is 0 Å². The number of carbonyl (C=O) groups is 4. The fourth-order valence-corrected chi connectivity index (χ4v) is 9.42. The monoisotopic (exact) mass is 517 g/mol. The van der Waals surface area contributed by atoms with E-state index in [9.17, 15) is 24.3 Å². The van der Waals surface area contributed by atoms with E-state index < -0.39 is 30.1 Å². The molecule has 0 aromatic heterocycles. The molecule has 0 aromatic rings. The van der Waals surface area contributed by atoms with E-state index in [-0.39, 0.29) is 22.8 Å². The first-order valence-corrected chi connectivity index (χ1v) is 14.4. The summed E-state index contributed by atoms with van der Waals surface area (Å²) < 4.78 is 5.66. The number of aldehydes is 1. The van der Waals surface area contributed by atoms with E-state index in [2.05, 4.69) is 13.8 Å². The molecule has 3 unspecified atom stereocenters. The Labute approximate surface area is 222 Å². The predicted octanol–water partition coefficient (Wildman–Crippen LogP) is 5.88. The van der Waals surface area contributed by atoms with E-state index >= 15 is 0 Å². The van der Waals surface area contributed by atoms with Gasteiger partial charge in [0.1, 0.15) is 23.7 Å². The Balaban J connectivity index is 1.55. The number of rotatable bonds is 6. The highest BCUT2D eigenvalue weighted by Gasteiger charge is 2.61. The molecule has 37 heavy (non-hydrogen) atoms. The molecule has 4 aliphatic carbocycles. The molecule has 4 fully saturated rings. The molecule has 7 heteroatoms. The SMILES string of the molecule is CC(=O)[C@H]1CCC2C3CC[C@@H]4C[C@H](N(C(=O)OC(C)(C)C)[C@H](C=O)CC(=O)O)CC[C@]4(C)C3CC[C@@]21C. The molecule has 1 amide bonds. The molecule has 208 valence electrons. The van der Waals surface area contributed by atoms with Gasteiger partial charge in [-0.1, -0.05) is 13.8 Å². The van der Waals surface area contributed by atoms with Gasteiger partial charge in [0.05, 0.1) is 6.42 Å². The van der Waals surface area contributed by atoms with Crippen molar-refractivity contribution in [3.05, 3.63) is 0 Å². The van der Waals surface area contributed by atoms with Crippen molar-refractivity contribution in [1.29, 1.82) is 0 Å². The topological polar surface area (TPSA) is 101 Å². The molecule has 4 rings (SSSR count). The third-order valence-electron chi connectivity index (χ3n) is 11.0. The van der Waals surface area contributed by atoms with Crippen LogP contribution in [0, 0.1) is 40.4 Å². The Morgan fingerprint density at radius 3 is 2.24 bits per heavy atom. The largest absolute Gasteiger partial charge is 0.481 e. The van der Waals surface area contributed by atoms with Crippen LogP contribution in [0.1, 0.15) is 106 Å². The van der Waals surface area contributed by atoms with Crippen molar-refractivity contribution in [2.24, 2.45) is 40.4 Å². The van der Waals surface area contributed by atoms with Crippen molar-refractivity contribution in [1.82, 2.24) is 4.90 Å². The Morgan fingerprint density at radius 1 is 1.00 bits per heavy atom. The minimum Gasteiger partial charge on any atom is -0.481 e. The molecule has 0 spiro atoms. The maximum absolute atomic E-state index is 13.3. The summed E-state index contributed by atoms with van der Waals surface area (Å²) in [5.41, 5.74) is -0.436. The van der Waals surface area contributed by atoms with Gasteiger partial charge in [0.2, 0.25) is 0 Å². The second-order valence-corrected chi connectivity index (χ2v) is 14.1. The lowest BCUT2D eigenvalue weighted by Gasteiger charge is -2.61. The van der Waals surface area contributed by atoms with Crippen LogP contribution in [0.2, 0.25) is 0 Å². The Bertz CT molecular complexity index is 926. The van der Waals surface area contributed by atoms with Gasteiger partial charge in [-0.25, -0.2) is 4.79 Å². The normalized spacial score (nSPS) is 39.9. The average Bonchev–Trinajstić information content (AvgIpc) is 3.14. The van der Waals surface area contributed by atoms with E-state index in [0.29, 0.717) is 35.7 Å². The minimum atomic E-state index is -1.10. The van der Waals surface area contributed by atoms with Crippen LogP contribution in [0.4, 0.5) is 4.79 Å². The van der Waals surface area contributed by atoms with Gasteiger partial charge in [-0.15, -0.1) is 0 Å². The third-order valence-corrected chi connectivity index (χ3v) is 11.0. The number of ether oxygens (including phenoxy) is 1. The minimum absolute atomic E-state index is 0.134. The van der Waals surface area contributed by atoms with E-state index in [1.54, 1.807) is 27.7 Å². The zero-order valence-corrected chi connectivity index (χ0v) is 23.6. The van der Waals surface area contributed by atoms with Crippen molar-refractivity contribution in [3.63, 3.8) is 0 Å². The van der Waals surface area contributed by atoms with Crippen LogP contribution >= 0.6 is 0 Å². The number of amides is 1. The summed E-state index contributed by atoms with van der Waals surface area (Å²) >= 11 is 0. The van der Waals surface area contributed by atoms with E-state index in [0.717, 1.165) is 57.8 Å². The fraction of sp³-hybridized carbons (Fsp3) is 0.867. The molecule has 1 N–H and O–H groups in total. The summed E-state index contributed by atoms with van der Waals surface area (Å²) in [5, 5.41) is 9.42. The summed E-state index contributed by atoms with van der Waals surface area (Å²) in [7, 11) is 0. The highest BCUT2D eigenvalue weighted by Crippen LogP contribution is 2.67. The number of fused-ring (bicyclic) bond motifs is 5. The Morgan fingerprint density at radius 2 is 1.65 bits per heavy atom. The second kappa shape index (κ2) is 10.00. The van der Waals surface area contributed by atoms with E-state index in [4.69, 9.17) is 4.74 Å². The Hall–Kier alpha value is -1.92. The van der Waals surface area contributed by atoms with Crippen LogP contribution in [-0.2, 0) is 19.1 Å². The van der Waals surface area contributed by atoms with Gasteiger partial charge in [-0.3, -0.25) is 14.5 Å². The number of ketones is 1. The van der Waals surface area contributed by atoms with Gasteiger partial charge in [-0.2, -0.15) is 0 Å². The van der Waals surface area contributed by atoms with Crippen LogP contribution in [-0.4, -0.2) is 51.8 Å². The van der Waals surface area contributed by atoms with Crippen molar-refractivity contribution in [2.75, 3.05) is 0 Å². The first-order chi connectivity index (χ1) is 17.2. The fourth-order valence-electron chi connectivity index (χ4n) is 9.42. The molecule has 0 radical (unpaired) electrons. The number of hydrogen-bond acceptors (Lipinski definition) is 5. The first-order valence-electron chi connectivity index (χ1n) is 14.4. The molecule has 7 nitrogen and oxygen atoms in total. The summed E-state index contributed by atoms with van der Waals surface area (Å²) in [6.07, 6.45) is 8.77. The molecule has 0 saturated heterocycles. The highest BCUT2D eigenvalue weighted by atomic mass is 16.6. The zero-order chi connectivity index (χ0) is 27.3. The van der Waals surface area contributed by atoms with Gasteiger partial charge in [-0.05, 0) is 120 Å². The molecule has 0 bridgehead atoms. The van der Waals surface area contributed by atoms with Crippen LogP contribution in [0.15, 0.2) is 0 Å². The maximum atomic E-state index is 13.3. The first kappa shape index (κ1) is 28.1. The van der Waals surface area contributed by atoms with Gasteiger partial charge in [0.15, 0.2) is 0 Å². The van der Waals surface area contributed by atoms with Crippen LogP contribution in [0.25, 0.3) is 0 Å². The number of nitrogens with zero attached hydrogens (tertiary/aromatic N) is 1. The lowest BCUT2D eigenvalue weighted by molar-refractivity contribution is -0.143. The highest BCUT2D eigenvalue weighted by molar-refractivity contribution is 5.80. The summed E-state index contributed by atoms with van der Waals surface area (Å²) in [4.78, 5) is 50.7. The molecule has 0 aliphatic heterocycles. The summed E-state index contributed by atoms with van der Waals surface area (Å²) in [5.74, 6) is 1.77. The van der Waals surface area contributed by atoms with Crippen molar-refractivity contribution < 1.29 is 29.0 Å². The smallest absolute Gasteiger partial charge is 0.411 e. The lowest BCUT2D eigenvalue weighted by atomic mass is 9.44. The predicted molar refractivity (Wildman–Crippen MR) is 140 cm³/mol. The molecule has 9 atom stereocenters. The molecular formula is C30H47NO6. The lowest BCUT2D eigenvalue weighted by Crippen LogP contribution is -2.58. The standard InChI is InChI=1S/C30H47NO6/c1-18(33)23-9-10-24-22-8-7-19-15-20(11-13-29(19,5)25(22)12-14-30(23,24)6)31(21(17-32)16-26(34)35)27(36)37-28(2,3)4/h17,19-25H,7-16H2,1-6H3,(H,34,35)/t19-,20-,21+,22?,23-,24?,25?,29+,30-/m1/s1.